The van der Waals surface area contributed by atoms with Crippen molar-refractivity contribution in [1.82, 2.24) is 0 Å². The molecule has 0 saturated heterocycles. The van der Waals surface area contributed by atoms with Gasteiger partial charge in [-0.15, -0.1) is 0 Å². The number of halogens is 3. The van der Waals surface area contributed by atoms with Gasteiger partial charge in [-0.1, -0.05) is 19.8 Å². The molecule has 0 atom stereocenters. The summed E-state index contributed by atoms with van der Waals surface area (Å²) in [7, 11) is 0. The Balaban J connectivity index is 4.51. The molecule has 0 fully saturated rings. The first-order chi connectivity index (χ1) is 7.92. The maximum atomic E-state index is 12.0. The average Bonchev–Trinajstić information content (AvgIpc) is 2.25. The van der Waals surface area contributed by atoms with Gasteiger partial charge >= 0.3 is 6.36 Å². The lowest BCUT2D eigenvalue weighted by Crippen LogP contribution is -2.17. The molecule has 0 amide bonds. The summed E-state index contributed by atoms with van der Waals surface area (Å²) in [6.45, 7) is 5.05. The second-order valence-corrected chi connectivity index (χ2v) is 2.97. The van der Waals surface area contributed by atoms with Gasteiger partial charge in [0.2, 0.25) is 0 Å². The Labute approximate surface area is 97.8 Å². The van der Waals surface area contributed by atoms with Gasteiger partial charge in [-0.25, -0.2) is 0 Å². The number of rotatable bonds is 7. The molecule has 0 heterocycles. The smallest absolute Gasteiger partial charge is 0.500 e. The molecule has 0 radical (unpaired) electrons. The second kappa shape index (κ2) is 7.78. The fraction of sp³-hybridized carbons (Fsp3) is 0.455. The van der Waals surface area contributed by atoms with Crippen LogP contribution in [0, 0.1) is 0 Å². The van der Waals surface area contributed by atoms with Crippen LogP contribution in [0.4, 0.5) is 13.2 Å². The third-order valence-electron chi connectivity index (χ3n) is 1.61. The number of alkyl halides is 3. The summed E-state index contributed by atoms with van der Waals surface area (Å²) in [4.78, 5) is 0. The lowest BCUT2D eigenvalue weighted by molar-refractivity contribution is -0.377. The van der Waals surface area contributed by atoms with Crippen molar-refractivity contribution in [1.29, 1.82) is 0 Å². The van der Waals surface area contributed by atoms with Gasteiger partial charge in [0.15, 0.2) is 0 Å². The van der Waals surface area contributed by atoms with E-state index in [4.69, 9.17) is 9.84 Å². The SMILES string of the molecule is C=C/C(=C\C(=C/C)OCCCO)[OH+]C(F)(F)F. The number of aliphatic hydroxyl groups excluding tert-OH is 1. The minimum Gasteiger partial charge on any atom is -0.500 e. The van der Waals surface area contributed by atoms with Crippen LogP contribution < -0.4 is 0 Å². The molecule has 0 aliphatic rings. The normalized spacial score (nSPS) is 13.5. The van der Waals surface area contributed by atoms with Crippen LogP contribution in [0.2, 0.25) is 0 Å². The maximum absolute atomic E-state index is 12.0. The zero-order valence-electron chi connectivity index (χ0n) is 9.50. The number of ether oxygens (including phenoxy) is 2. The van der Waals surface area contributed by atoms with E-state index in [0.717, 1.165) is 12.2 Å². The molecule has 17 heavy (non-hydrogen) atoms. The standard InChI is InChI=1S/C11H15F3O3/c1-3-9(16-7-5-6-15)8-10(4-2)17-11(12,13)14/h3-4,8,15H,2,5-7H2,1H3/p+1/b9-3+,10-8+. The van der Waals surface area contributed by atoms with Crippen molar-refractivity contribution < 1.29 is 27.8 Å². The van der Waals surface area contributed by atoms with Gasteiger partial charge in [-0.3, -0.25) is 0 Å². The van der Waals surface area contributed by atoms with Gasteiger partial charge in [-0.05, 0) is 13.0 Å². The Kier molecular flexibility index (Phi) is 7.13. The lowest BCUT2D eigenvalue weighted by Gasteiger charge is -2.08. The molecule has 6 heteroatoms. The van der Waals surface area contributed by atoms with Crippen molar-refractivity contribution in [3.05, 3.63) is 36.3 Å². The number of hydrogen-bond donors (Lipinski definition) is 1. The fourth-order valence-corrected chi connectivity index (χ4v) is 0.892. The van der Waals surface area contributed by atoms with Gasteiger partial charge in [0.1, 0.15) is 5.76 Å². The van der Waals surface area contributed by atoms with Crippen molar-refractivity contribution in [2.45, 2.75) is 19.7 Å². The minimum atomic E-state index is -4.63. The van der Waals surface area contributed by atoms with Crippen molar-refractivity contribution in [3.63, 3.8) is 0 Å². The predicted molar refractivity (Wildman–Crippen MR) is 58.0 cm³/mol. The first-order valence-corrected chi connectivity index (χ1v) is 4.96. The highest BCUT2D eigenvalue weighted by Crippen LogP contribution is 2.19. The third kappa shape index (κ3) is 8.38. The zero-order valence-corrected chi connectivity index (χ0v) is 9.50. The van der Waals surface area contributed by atoms with Crippen LogP contribution in [-0.2, 0) is 4.74 Å². The van der Waals surface area contributed by atoms with Crippen molar-refractivity contribution in [2.75, 3.05) is 13.2 Å². The molecular formula is C11H16F3O3+. The van der Waals surface area contributed by atoms with Gasteiger partial charge in [0, 0.05) is 19.1 Å². The summed E-state index contributed by atoms with van der Waals surface area (Å²) in [5.41, 5.74) is 0. The summed E-state index contributed by atoms with van der Waals surface area (Å²) in [6.07, 6.45) is -0.591. The highest BCUT2D eigenvalue weighted by atomic mass is 19.4. The largest absolute Gasteiger partial charge is 0.694 e. The van der Waals surface area contributed by atoms with E-state index in [1.165, 1.54) is 6.08 Å². The quantitative estimate of drug-likeness (QED) is 0.327. The lowest BCUT2D eigenvalue weighted by atomic mass is 10.3. The average molecular weight is 253 g/mol. The Morgan fingerprint density at radius 1 is 1.47 bits per heavy atom. The van der Waals surface area contributed by atoms with Gasteiger partial charge in [0.05, 0.1) is 12.7 Å². The maximum Gasteiger partial charge on any atom is 0.694 e. The van der Waals surface area contributed by atoms with Gasteiger partial charge < -0.3 is 14.6 Å². The second-order valence-electron chi connectivity index (χ2n) is 2.97. The monoisotopic (exact) mass is 253 g/mol. The molecule has 98 valence electrons. The fourth-order valence-electron chi connectivity index (χ4n) is 0.892. The van der Waals surface area contributed by atoms with Crippen LogP contribution in [0.25, 0.3) is 0 Å². The molecule has 0 aromatic heterocycles. The summed E-state index contributed by atoms with van der Waals surface area (Å²) in [5.74, 6) is -0.0732. The van der Waals surface area contributed by atoms with E-state index in [2.05, 4.69) is 11.3 Å². The van der Waals surface area contributed by atoms with E-state index < -0.39 is 6.36 Å². The Hall–Kier alpha value is -1.43. The highest BCUT2D eigenvalue weighted by molar-refractivity contribution is 5.20. The topological polar surface area (TPSA) is 42.3 Å². The molecule has 0 aliphatic heterocycles. The molecule has 2 N–H and O–H groups in total. The van der Waals surface area contributed by atoms with E-state index in [0.29, 0.717) is 6.42 Å². The third-order valence-corrected chi connectivity index (χ3v) is 1.61. The Morgan fingerprint density at radius 3 is 2.53 bits per heavy atom. The van der Waals surface area contributed by atoms with E-state index in [-0.39, 0.29) is 24.7 Å². The van der Waals surface area contributed by atoms with E-state index in [1.807, 2.05) is 0 Å². The van der Waals surface area contributed by atoms with E-state index in [9.17, 15) is 13.2 Å². The van der Waals surface area contributed by atoms with Crippen LogP contribution in [0.3, 0.4) is 0 Å². The van der Waals surface area contributed by atoms with Crippen molar-refractivity contribution >= 4 is 0 Å². The van der Waals surface area contributed by atoms with Crippen molar-refractivity contribution in [3.8, 4) is 0 Å². The molecule has 0 aliphatic carbocycles. The molecular weight excluding hydrogens is 237 g/mol. The molecule has 0 aromatic rings. The first kappa shape index (κ1) is 15.6. The molecule has 3 nitrogen and oxygen atoms in total. The number of aliphatic hydroxyl groups is 3. The van der Waals surface area contributed by atoms with E-state index >= 15 is 0 Å². The molecule has 0 rings (SSSR count). The predicted octanol–water partition coefficient (Wildman–Crippen LogP) is 2.41. The molecule has 0 saturated carbocycles. The van der Waals surface area contributed by atoms with Crippen LogP contribution in [-0.4, -0.2) is 29.4 Å². The van der Waals surface area contributed by atoms with Crippen molar-refractivity contribution in [2.24, 2.45) is 0 Å². The van der Waals surface area contributed by atoms with Crippen LogP contribution in [0.15, 0.2) is 36.3 Å². The number of allylic oxidation sites excluding steroid dienone is 3. The molecule has 0 bridgehead atoms. The summed E-state index contributed by atoms with van der Waals surface area (Å²) in [6, 6.07) is 0. The summed E-state index contributed by atoms with van der Waals surface area (Å²) < 4.78 is 43.7. The number of hydrogen-bond acceptors (Lipinski definition) is 2. The molecule has 0 spiro atoms. The summed E-state index contributed by atoms with van der Waals surface area (Å²) in [5, 5.41) is 8.53. The Morgan fingerprint density at radius 2 is 2.12 bits per heavy atom. The van der Waals surface area contributed by atoms with Gasteiger partial charge in [-0.2, -0.15) is 0 Å². The van der Waals surface area contributed by atoms with Crippen LogP contribution in [0.5, 0.6) is 0 Å². The zero-order chi connectivity index (χ0) is 13.3. The molecule has 0 aromatic carbocycles. The highest BCUT2D eigenvalue weighted by Gasteiger charge is 2.38. The van der Waals surface area contributed by atoms with Gasteiger partial charge in [0.25, 0.3) is 5.76 Å². The molecule has 0 unspecified atom stereocenters. The van der Waals surface area contributed by atoms with Crippen LogP contribution in [0.1, 0.15) is 13.3 Å². The van der Waals surface area contributed by atoms with E-state index in [1.54, 1.807) is 6.92 Å². The Bertz CT molecular complexity index is 293. The minimum absolute atomic E-state index is 0.0397. The van der Waals surface area contributed by atoms with Crippen LogP contribution >= 0.6 is 0 Å². The summed E-state index contributed by atoms with van der Waals surface area (Å²) >= 11 is 0. The first-order valence-electron chi connectivity index (χ1n) is 4.96.